The second kappa shape index (κ2) is 12.0. The third-order valence-electron chi connectivity index (χ3n) is 5.76. The predicted octanol–water partition coefficient (Wildman–Crippen LogP) is 4.16. The first-order valence-electron chi connectivity index (χ1n) is 12.7. The zero-order valence-corrected chi connectivity index (χ0v) is 24.5. The van der Waals surface area contributed by atoms with E-state index in [1.165, 1.54) is 19.2 Å². The molecule has 41 heavy (non-hydrogen) atoms. The van der Waals surface area contributed by atoms with E-state index in [1.807, 2.05) is 25.7 Å². The molecule has 1 aliphatic heterocycles. The predicted molar refractivity (Wildman–Crippen MR) is 146 cm³/mol. The number of carbonyl (C=O) groups is 1. The first-order chi connectivity index (χ1) is 19.3. The number of rotatable bonds is 10. The van der Waals surface area contributed by atoms with Crippen molar-refractivity contribution in [1.82, 2.24) is 14.9 Å². The standard InChI is InChI=1S/C28H33N3O9S/c1-27(2,3)23-22(38-19-12-10-11-18(15-19)35-6)25(36-16-20-17-37-28(4,5)39-20)30-24(29-23)26(32)40-31-41(33,34)21-13-8-7-9-14-21/h7-15,20,31H,16-17H2,1-6H3. The molecule has 0 aliphatic carbocycles. The molecule has 12 nitrogen and oxygen atoms in total. The number of hydrogen-bond donors (Lipinski definition) is 1. The van der Waals surface area contributed by atoms with E-state index in [-0.39, 0.29) is 29.7 Å². The molecule has 0 radical (unpaired) electrons. The smallest absolute Gasteiger partial charge is 0.396 e. The van der Waals surface area contributed by atoms with Gasteiger partial charge in [0.05, 0.1) is 24.3 Å². The van der Waals surface area contributed by atoms with Gasteiger partial charge in [-0.05, 0) is 43.0 Å². The molecule has 0 saturated carbocycles. The summed E-state index contributed by atoms with van der Waals surface area (Å²) in [6, 6.07) is 14.4. The third kappa shape index (κ3) is 7.70. The first kappa shape index (κ1) is 30.2. The molecule has 2 aromatic carbocycles. The molecule has 1 aliphatic rings. The highest BCUT2D eigenvalue weighted by molar-refractivity contribution is 7.89. The van der Waals surface area contributed by atoms with Crippen molar-refractivity contribution in [2.24, 2.45) is 0 Å². The topological polar surface area (TPSA) is 144 Å². The Balaban J connectivity index is 1.68. The summed E-state index contributed by atoms with van der Waals surface area (Å²) in [7, 11) is -2.61. The number of carbonyl (C=O) groups excluding carboxylic acids is 1. The Morgan fingerprint density at radius 1 is 1.07 bits per heavy atom. The van der Waals surface area contributed by atoms with E-state index in [0.29, 0.717) is 17.2 Å². The fourth-order valence-electron chi connectivity index (χ4n) is 3.81. The van der Waals surface area contributed by atoms with Gasteiger partial charge in [0.15, 0.2) is 5.79 Å². The van der Waals surface area contributed by atoms with Crippen LogP contribution in [-0.2, 0) is 29.7 Å². The molecule has 1 unspecified atom stereocenters. The molecule has 1 saturated heterocycles. The average Bonchev–Trinajstić information content (AvgIpc) is 3.29. The molecule has 1 N–H and O–H groups in total. The molecule has 1 fully saturated rings. The van der Waals surface area contributed by atoms with Crippen LogP contribution in [0.5, 0.6) is 23.1 Å². The second-order valence-corrected chi connectivity index (χ2v) is 12.3. The Morgan fingerprint density at radius 2 is 1.78 bits per heavy atom. The van der Waals surface area contributed by atoms with Gasteiger partial charge in [-0.15, -0.1) is 0 Å². The Kier molecular flexibility index (Phi) is 8.83. The van der Waals surface area contributed by atoms with Crippen LogP contribution in [0, 0.1) is 0 Å². The molecule has 4 rings (SSSR count). The van der Waals surface area contributed by atoms with E-state index in [4.69, 9.17) is 28.5 Å². The maximum Gasteiger partial charge on any atom is 0.396 e. The molecule has 13 heteroatoms. The van der Waals surface area contributed by atoms with Crippen molar-refractivity contribution in [3.8, 4) is 23.1 Å². The van der Waals surface area contributed by atoms with Gasteiger partial charge in [0.25, 0.3) is 15.9 Å². The van der Waals surface area contributed by atoms with E-state index < -0.39 is 39.1 Å². The molecule has 1 aromatic heterocycles. The Labute approximate surface area is 238 Å². The molecule has 3 aromatic rings. The highest BCUT2D eigenvalue weighted by Crippen LogP contribution is 2.40. The number of ether oxygens (including phenoxy) is 5. The fourth-order valence-corrected chi connectivity index (χ4v) is 4.60. The molecule has 220 valence electrons. The quantitative estimate of drug-likeness (QED) is 0.341. The lowest BCUT2D eigenvalue weighted by molar-refractivity contribution is -0.141. The Hall–Kier alpha value is -3.78. The van der Waals surface area contributed by atoms with Crippen LogP contribution in [0.2, 0.25) is 0 Å². The number of nitrogens with one attached hydrogen (secondary N) is 1. The maximum absolute atomic E-state index is 13.0. The van der Waals surface area contributed by atoms with Crippen LogP contribution in [0.15, 0.2) is 59.5 Å². The van der Waals surface area contributed by atoms with E-state index in [0.717, 1.165) is 0 Å². The lowest BCUT2D eigenvalue weighted by Crippen LogP contribution is -2.29. The molecule has 0 spiro atoms. The largest absolute Gasteiger partial charge is 0.497 e. The number of hydrogen-bond acceptors (Lipinski definition) is 11. The van der Waals surface area contributed by atoms with Crippen molar-refractivity contribution >= 4 is 16.0 Å². The summed E-state index contributed by atoms with van der Waals surface area (Å²) in [6.07, 6.45) is -0.421. The Bertz CT molecular complexity index is 1490. The van der Waals surface area contributed by atoms with Gasteiger partial charge in [0, 0.05) is 11.5 Å². The zero-order valence-electron chi connectivity index (χ0n) is 23.7. The number of benzene rings is 2. The summed E-state index contributed by atoms with van der Waals surface area (Å²) in [5, 5.41) is 0. The van der Waals surface area contributed by atoms with Crippen LogP contribution in [0.4, 0.5) is 0 Å². The maximum atomic E-state index is 13.0. The summed E-state index contributed by atoms with van der Waals surface area (Å²) in [6.45, 7) is 9.47. The van der Waals surface area contributed by atoms with Crippen LogP contribution in [0.25, 0.3) is 0 Å². The van der Waals surface area contributed by atoms with Crippen molar-refractivity contribution in [3.05, 3.63) is 66.1 Å². The summed E-state index contributed by atoms with van der Waals surface area (Å²) >= 11 is 0. The van der Waals surface area contributed by atoms with Gasteiger partial charge in [-0.25, -0.2) is 18.2 Å². The van der Waals surface area contributed by atoms with E-state index in [2.05, 4.69) is 9.97 Å². The monoisotopic (exact) mass is 587 g/mol. The second-order valence-electron chi connectivity index (χ2n) is 10.6. The summed E-state index contributed by atoms with van der Waals surface area (Å²) < 4.78 is 54.1. The molecular formula is C28H33N3O9S. The fraction of sp³-hybridized carbons (Fsp3) is 0.393. The zero-order chi connectivity index (χ0) is 29.8. The molecule has 2 heterocycles. The number of nitrogens with zero attached hydrogens (tertiary/aromatic N) is 2. The van der Waals surface area contributed by atoms with Crippen LogP contribution in [-0.4, -0.2) is 56.6 Å². The normalized spacial score (nSPS) is 16.7. The number of methoxy groups -OCH3 is 1. The molecule has 1 atom stereocenters. The van der Waals surface area contributed by atoms with E-state index in [1.54, 1.807) is 56.3 Å². The summed E-state index contributed by atoms with van der Waals surface area (Å²) in [5.41, 5.74) is -0.366. The highest BCUT2D eigenvalue weighted by Gasteiger charge is 2.35. The molecule has 0 amide bonds. The minimum atomic E-state index is -4.15. The van der Waals surface area contributed by atoms with Crippen molar-refractivity contribution in [1.29, 1.82) is 0 Å². The van der Waals surface area contributed by atoms with Crippen LogP contribution in [0.1, 0.15) is 50.9 Å². The van der Waals surface area contributed by atoms with E-state index >= 15 is 0 Å². The van der Waals surface area contributed by atoms with Crippen molar-refractivity contribution in [3.63, 3.8) is 0 Å². The summed E-state index contributed by atoms with van der Waals surface area (Å²) in [5.74, 6) is -1.30. The van der Waals surface area contributed by atoms with Gasteiger partial charge in [-0.2, -0.15) is 4.98 Å². The van der Waals surface area contributed by atoms with Crippen LogP contribution < -0.4 is 19.1 Å². The summed E-state index contributed by atoms with van der Waals surface area (Å²) in [4.78, 5) is 28.3. The van der Waals surface area contributed by atoms with Crippen molar-refractivity contribution in [2.75, 3.05) is 20.3 Å². The average molecular weight is 588 g/mol. The van der Waals surface area contributed by atoms with Gasteiger partial charge in [-0.1, -0.05) is 45.0 Å². The third-order valence-corrected chi connectivity index (χ3v) is 6.95. The minimum absolute atomic E-state index is 0.0214. The SMILES string of the molecule is COc1cccc(Oc2c(OCC3COC(C)(C)O3)nc(C(=O)ONS(=O)(=O)c3ccccc3)nc2C(C)(C)C)c1. The lowest BCUT2D eigenvalue weighted by atomic mass is 9.91. The van der Waals surface area contributed by atoms with Gasteiger partial charge in [-0.3, -0.25) is 0 Å². The van der Waals surface area contributed by atoms with Gasteiger partial charge in [0.2, 0.25) is 11.6 Å². The highest BCUT2D eigenvalue weighted by atomic mass is 32.2. The van der Waals surface area contributed by atoms with Crippen LogP contribution in [0.3, 0.4) is 0 Å². The van der Waals surface area contributed by atoms with Crippen LogP contribution >= 0.6 is 0 Å². The lowest BCUT2D eigenvalue weighted by Gasteiger charge is -2.24. The molecule has 0 bridgehead atoms. The van der Waals surface area contributed by atoms with Gasteiger partial charge >= 0.3 is 5.97 Å². The first-order valence-corrected chi connectivity index (χ1v) is 14.2. The number of sulfonamides is 1. The Morgan fingerprint density at radius 3 is 2.41 bits per heavy atom. The number of aromatic nitrogens is 2. The van der Waals surface area contributed by atoms with E-state index in [9.17, 15) is 13.2 Å². The van der Waals surface area contributed by atoms with Crippen molar-refractivity contribution in [2.45, 2.75) is 56.8 Å². The van der Waals surface area contributed by atoms with Gasteiger partial charge in [0.1, 0.15) is 24.2 Å². The molecular weight excluding hydrogens is 554 g/mol. The minimum Gasteiger partial charge on any atom is -0.497 e. The van der Waals surface area contributed by atoms with Gasteiger partial charge < -0.3 is 28.5 Å². The van der Waals surface area contributed by atoms with Crippen molar-refractivity contribution < 1.29 is 41.7 Å².